The van der Waals surface area contributed by atoms with Gasteiger partial charge in [-0.05, 0) is 18.1 Å². The van der Waals surface area contributed by atoms with Crippen LogP contribution in [-0.4, -0.2) is 16.7 Å². The molecule has 2 heteroatoms. The molecule has 2 nitrogen and oxygen atoms in total. The lowest BCUT2D eigenvalue weighted by molar-refractivity contribution is 0.299. The molecule has 0 saturated carbocycles. The molecule has 0 amide bonds. The SMILES string of the molecule is OCCc1cccccc[nH]c1. The summed E-state index contributed by atoms with van der Waals surface area (Å²) in [4.78, 5) is 3.01. The van der Waals surface area contributed by atoms with Gasteiger partial charge < -0.3 is 10.1 Å². The molecule has 0 aliphatic rings. The van der Waals surface area contributed by atoms with Gasteiger partial charge in [0.25, 0.3) is 0 Å². The van der Waals surface area contributed by atoms with Crippen molar-refractivity contribution >= 4 is 0 Å². The van der Waals surface area contributed by atoms with Crippen molar-refractivity contribution in [1.82, 2.24) is 4.98 Å². The number of H-pyrrole nitrogens is 1. The molecular formula is C10H13NO. The molecule has 0 unspecified atom stereocenters. The Kier molecular flexibility index (Phi) is 3.95. The number of nitrogens with one attached hydrogen (secondary N) is 1. The first-order valence-corrected chi connectivity index (χ1v) is 3.99. The van der Waals surface area contributed by atoms with E-state index in [2.05, 4.69) is 4.98 Å². The zero-order valence-corrected chi connectivity index (χ0v) is 6.90. The monoisotopic (exact) mass is 163 g/mol. The van der Waals surface area contributed by atoms with Gasteiger partial charge in [0.2, 0.25) is 0 Å². The highest BCUT2D eigenvalue weighted by Crippen LogP contribution is 1.93. The summed E-state index contributed by atoms with van der Waals surface area (Å²) in [6.45, 7) is 0.186. The van der Waals surface area contributed by atoms with Crippen LogP contribution >= 0.6 is 0 Å². The average molecular weight is 163 g/mol. The minimum atomic E-state index is 0.186. The predicted molar refractivity (Wildman–Crippen MR) is 49.2 cm³/mol. The third-order valence-corrected chi connectivity index (χ3v) is 1.51. The van der Waals surface area contributed by atoms with E-state index in [4.69, 9.17) is 5.11 Å². The number of aromatic amines is 1. The summed E-state index contributed by atoms with van der Waals surface area (Å²) < 4.78 is 0. The normalized spacial score (nSPS) is 9.08. The summed E-state index contributed by atoms with van der Waals surface area (Å²) in [5.41, 5.74) is 1.09. The van der Waals surface area contributed by atoms with Crippen molar-refractivity contribution in [1.29, 1.82) is 0 Å². The lowest BCUT2D eigenvalue weighted by Crippen LogP contribution is -1.88. The minimum Gasteiger partial charge on any atom is -0.396 e. The van der Waals surface area contributed by atoms with E-state index in [9.17, 15) is 0 Å². The van der Waals surface area contributed by atoms with Gasteiger partial charge in [0.1, 0.15) is 0 Å². The number of hydrogen-bond donors (Lipinski definition) is 2. The maximum atomic E-state index is 8.71. The van der Waals surface area contributed by atoms with Crippen LogP contribution in [0.2, 0.25) is 0 Å². The van der Waals surface area contributed by atoms with Crippen LogP contribution in [0.4, 0.5) is 0 Å². The number of rotatable bonds is 2. The molecule has 0 fully saturated rings. The van der Waals surface area contributed by atoms with Crippen molar-refractivity contribution in [2.45, 2.75) is 6.42 Å². The Morgan fingerprint density at radius 3 is 2.83 bits per heavy atom. The van der Waals surface area contributed by atoms with Crippen molar-refractivity contribution in [2.75, 3.05) is 6.61 Å². The zero-order valence-electron chi connectivity index (χ0n) is 6.90. The lowest BCUT2D eigenvalue weighted by atomic mass is 10.2. The molecule has 1 heterocycles. The molecule has 0 aliphatic carbocycles. The molecule has 0 radical (unpaired) electrons. The van der Waals surface area contributed by atoms with Crippen LogP contribution in [0, 0.1) is 0 Å². The summed E-state index contributed by atoms with van der Waals surface area (Å²) in [6, 6.07) is 9.75. The Balaban J connectivity index is 2.93. The average Bonchev–Trinajstić information content (AvgIpc) is 2.19. The van der Waals surface area contributed by atoms with Gasteiger partial charge in [0.05, 0.1) is 0 Å². The van der Waals surface area contributed by atoms with Gasteiger partial charge in [-0.25, -0.2) is 0 Å². The van der Waals surface area contributed by atoms with Crippen LogP contribution in [0.3, 0.4) is 0 Å². The smallest absolute Gasteiger partial charge is 0.0471 e. The molecule has 2 N–H and O–H groups in total. The Morgan fingerprint density at radius 1 is 1.17 bits per heavy atom. The maximum absolute atomic E-state index is 8.71. The molecule has 64 valence electrons. The first-order valence-electron chi connectivity index (χ1n) is 3.99. The molecule has 0 bridgehead atoms. The number of hydrogen-bond acceptors (Lipinski definition) is 1. The third-order valence-electron chi connectivity index (χ3n) is 1.51. The Hall–Kier alpha value is -1.28. The number of aromatic nitrogens is 1. The molecule has 12 heavy (non-hydrogen) atoms. The van der Waals surface area contributed by atoms with Gasteiger partial charge in [-0.15, -0.1) is 0 Å². The largest absolute Gasteiger partial charge is 0.396 e. The van der Waals surface area contributed by atoms with Crippen LogP contribution in [0.5, 0.6) is 0 Å². The van der Waals surface area contributed by atoms with E-state index in [1.807, 2.05) is 42.7 Å². The van der Waals surface area contributed by atoms with Gasteiger partial charge >= 0.3 is 0 Å². The molecule has 1 aromatic heterocycles. The van der Waals surface area contributed by atoms with E-state index in [1.165, 1.54) is 0 Å². The van der Waals surface area contributed by atoms with Crippen molar-refractivity contribution in [2.24, 2.45) is 0 Å². The van der Waals surface area contributed by atoms with Crippen molar-refractivity contribution in [3.63, 3.8) is 0 Å². The van der Waals surface area contributed by atoms with E-state index in [1.54, 1.807) is 0 Å². The molecule has 1 aromatic rings. The first-order chi connectivity index (χ1) is 5.93. The maximum Gasteiger partial charge on any atom is 0.0471 e. The van der Waals surface area contributed by atoms with Crippen LogP contribution in [0.1, 0.15) is 5.56 Å². The van der Waals surface area contributed by atoms with Crippen LogP contribution < -0.4 is 0 Å². The standard InChI is InChI=1S/C10H13NO/c12-8-6-10-5-3-1-2-4-7-11-9-10/h1-5,7,9,11-12H,6,8H2. The highest BCUT2D eigenvalue weighted by atomic mass is 16.2. The molecule has 0 saturated heterocycles. The van der Waals surface area contributed by atoms with Gasteiger partial charge in [-0.2, -0.15) is 0 Å². The van der Waals surface area contributed by atoms with E-state index in [0.717, 1.165) is 5.56 Å². The van der Waals surface area contributed by atoms with Crippen LogP contribution in [-0.2, 0) is 6.42 Å². The van der Waals surface area contributed by atoms with Gasteiger partial charge in [-0.3, -0.25) is 0 Å². The Labute approximate surface area is 72.2 Å². The molecular weight excluding hydrogens is 150 g/mol. The highest BCUT2D eigenvalue weighted by molar-refractivity contribution is 5.07. The number of aliphatic hydroxyl groups excluding tert-OH is 1. The second-order valence-electron chi connectivity index (χ2n) is 2.46. The van der Waals surface area contributed by atoms with Gasteiger partial charge in [0, 0.05) is 19.0 Å². The second-order valence-corrected chi connectivity index (χ2v) is 2.46. The molecule has 0 aliphatic heterocycles. The fourth-order valence-corrected chi connectivity index (χ4v) is 0.906. The molecule has 0 spiro atoms. The van der Waals surface area contributed by atoms with E-state index >= 15 is 0 Å². The summed E-state index contributed by atoms with van der Waals surface area (Å²) in [7, 11) is 0. The Bertz CT molecular complexity index is 242. The van der Waals surface area contributed by atoms with Crippen molar-refractivity contribution < 1.29 is 5.11 Å². The third kappa shape index (κ3) is 3.21. The van der Waals surface area contributed by atoms with E-state index in [-0.39, 0.29) is 6.61 Å². The van der Waals surface area contributed by atoms with E-state index in [0.29, 0.717) is 6.42 Å². The zero-order chi connectivity index (χ0) is 8.65. The molecule has 0 aromatic carbocycles. The minimum absolute atomic E-state index is 0.186. The second kappa shape index (κ2) is 5.38. The summed E-state index contributed by atoms with van der Waals surface area (Å²) in [6.07, 6.45) is 4.42. The quantitative estimate of drug-likeness (QED) is 0.683. The van der Waals surface area contributed by atoms with Crippen LogP contribution in [0.15, 0.2) is 42.7 Å². The predicted octanol–water partition coefficient (Wildman–Crippen LogP) is 1.67. The molecule has 0 atom stereocenters. The van der Waals surface area contributed by atoms with Gasteiger partial charge in [0.15, 0.2) is 0 Å². The molecule has 1 rings (SSSR count). The highest BCUT2D eigenvalue weighted by Gasteiger charge is 1.84. The fourth-order valence-electron chi connectivity index (χ4n) is 0.906. The van der Waals surface area contributed by atoms with Crippen molar-refractivity contribution in [3.05, 3.63) is 48.3 Å². The van der Waals surface area contributed by atoms with Crippen LogP contribution in [0.25, 0.3) is 0 Å². The van der Waals surface area contributed by atoms with Gasteiger partial charge in [-0.1, -0.05) is 24.3 Å². The first kappa shape index (κ1) is 8.81. The number of aliphatic hydroxyl groups is 1. The fraction of sp³-hybridized carbons (Fsp3) is 0.200. The van der Waals surface area contributed by atoms with E-state index < -0.39 is 0 Å². The summed E-state index contributed by atoms with van der Waals surface area (Å²) in [5, 5.41) is 8.71. The summed E-state index contributed by atoms with van der Waals surface area (Å²) >= 11 is 0. The lowest BCUT2D eigenvalue weighted by Gasteiger charge is -1.90. The van der Waals surface area contributed by atoms with Crippen molar-refractivity contribution in [3.8, 4) is 0 Å². The topological polar surface area (TPSA) is 36.0 Å². The summed E-state index contributed by atoms with van der Waals surface area (Å²) in [5.74, 6) is 0. The Morgan fingerprint density at radius 2 is 2.00 bits per heavy atom.